The fourth-order valence-electron chi connectivity index (χ4n) is 2.19. The fourth-order valence-corrected chi connectivity index (χ4v) is 2.62. The summed E-state index contributed by atoms with van der Waals surface area (Å²) in [4.78, 5) is 0. The molecule has 1 N–H and O–H groups in total. The number of rotatable bonds is 3. The molecule has 2 rings (SSSR count). The normalized spacial score (nSPS) is 13.0. The molecule has 3 heteroatoms. The Morgan fingerprint density at radius 3 is 2.19 bits per heavy atom. The van der Waals surface area contributed by atoms with E-state index in [0.29, 0.717) is 0 Å². The van der Waals surface area contributed by atoms with E-state index in [1.165, 1.54) is 11.1 Å². The average molecular weight is 367 g/mol. The number of anilines is 1. The van der Waals surface area contributed by atoms with Crippen molar-refractivity contribution in [2.45, 2.75) is 39.2 Å². The number of hydrogen-bond donors (Lipinski definition) is 1. The van der Waals surface area contributed by atoms with Crippen LogP contribution in [0.4, 0.5) is 5.69 Å². The lowest BCUT2D eigenvalue weighted by atomic mass is 9.86. The van der Waals surface area contributed by atoms with Gasteiger partial charge in [-0.25, -0.2) is 0 Å². The largest absolute Gasteiger partial charge is 0.378 e. The van der Waals surface area contributed by atoms with Gasteiger partial charge >= 0.3 is 0 Å². The molecule has 1 unspecified atom stereocenters. The number of halogens is 2. The van der Waals surface area contributed by atoms with Crippen molar-refractivity contribution in [2.24, 2.45) is 0 Å². The lowest BCUT2D eigenvalue weighted by molar-refractivity contribution is 0.589. The second kappa shape index (κ2) is 6.41. The molecule has 21 heavy (non-hydrogen) atoms. The first-order valence-electron chi connectivity index (χ1n) is 7.09. The molecule has 0 heterocycles. The average Bonchev–Trinajstić information content (AvgIpc) is 2.42. The Balaban J connectivity index is 2.13. The maximum absolute atomic E-state index is 6.13. The van der Waals surface area contributed by atoms with E-state index in [9.17, 15) is 0 Å². The Morgan fingerprint density at radius 2 is 1.67 bits per heavy atom. The molecule has 1 nitrogen and oxygen atoms in total. The van der Waals surface area contributed by atoms with Crippen LogP contribution in [-0.4, -0.2) is 0 Å². The van der Waals surface area contributed by atoms with E-state index in [1.54, 1.807) is 0 Å². The predicted octanol–water partition coefficient (Wildman–Crippen LogP) is 6.57. The molecule has 0 amide bonds. The summed E-state index contributed by atoms with van der Waals surface area (Å²) in [5.74, 6) is 0. The van der Waals surface area contributed by atoms with E-state index in [0.717, 1.165) is 15.2 Å². The first-order valence-corrected chi connectivity index (χ1v) is 8.26. The molecule has 2 aromatic carbocycles. The summed E-state index contributed by atoms with van der Waals surface area (Å²) in [7, 11) is 0. The van der Waals surface area contributed by atoms with Gasteiger partial charge in [-0.2, -0.15) is 0 Å². The molecule has 0 saturated carbocycles. The number of benzene rings is 2. The van der Waals surface area contributed by atoms with E-state index in [4.69, 9.17) is 11.6 Å². The van der Waals surface area contributed by atoms with Gasteiger partial charge in [-0.15, -0.1) is 0 Å². The number of nitrogens with one attached hydrogen (secondary N) is 1. The van der Waals surface area contributed by atoms with Crippen LogP contribution in [0.15, 0.2) is 46.9 Å². The van der Waals surface area contributed by atoms with Crippen molar-refractivity contribution in [1.82, 2.24) is 0 Å². The van der Waals surface area contributed by atoms with E-state index in [1.807, 2.05) is 18.2 Å². The van der Waals surface area contributed by atoms with Gasteiger partial charge in [-0.05, 0) is 57.6 Å². The zero-order valence-corrected chi connectivity index (χ0v) is 15.2. The predicted molar refractivity (Wildman–Crippen MR) is 96.3 cm³/mol. The Morgan fingerprint density at radius 1 is 1.05 bits per heavy atom. The summed E-state index contributed by atoms with van der Waals surface area (Å²) >= 11 is 9.53. The van der Waals surface area contributed by atoms with E-state index < -0.39 is 0 Å². The van der Waals surface area contributed by atoms with Crippen LogP contribution in [0.3, 0.4) is 0 Å². The van der Waals surface area contributed by atoms with Crippen molar-refractivity contribution in [2.75, 3.05) is 5.32 Å². The first kappa shape index (κ1) is 16.4. The second-order valence-electron chi connectivity index (χ2n) is 6.37. The highest BCUT2D eigenvalue weighted by Gasteiger charge is 2.14. The molecule has 0 saturated heterocycles. The molecule has 0 aliphatic rings. The standard InChI is InChI=1S/C18H21BrClN/c1-12(21-15-9-10-16(19)17(20)11-15)13-5-7-14(8-6-13)18(2,3)4/h5-12,21H,1-4H3. The molecular formula is C18H21BrClN. The van der Waals surface area contributed by atoms with Crippen LogP contribution in [0, 0.1) is 0 Å². The van der Waals surface area contributed by atoms with Crippen LogP contribution < -0.4 is 5.32 Å². The molecule has 2 aromatic rings. The summed E-state index contributed by atoms with van der Waals surface area (Å²) < 4.78 is 0.914. The quantitative estimate of drug-likeness (QED) is 0.647. The molecule has 0 aliphatic carbocycles. The molecule has 0 aromatic heterocycles. The smallest absolute Gasteiger partial charge is 0.0568 e. The molecule has 1 atom stereocenters. The third-order valence-electron chi connectivity index (χ3n) is 3.58. The zero-order valence-electron chi connectivity index (χ0n) is 12.9. The third kappa shape index (κ3) is 4.24. The van der Waals surface area contributed by atoms with E-state index in [2.05, 4.69) is 73.2 Å². The Labute approximate surface area is 140 Å². The van der Waals surface area contributed by atoms with E-state index in [-0.39, 0.29) is 11.5 Å². The van der Waals surface area contributed by atoms with Gasteiger partial charge < -0.3 is 5.32 Å². The minimum absolute atomic E-state index is 0.189. The zero-order chi connectivity index (χ0) is 15.6. The minimum atomic E-state index is 0.189. The summed E-state index contributed by atoms with van der Waals surface area (Å²) in [5.41, 5.74) is 3.83. The molecule has 0 radical (unpaired) electrons. The molecule has 0 spiro atoms. The van der Waals surface area contributed by atoms with Gasteiger partial charge in [0.05, 0.1) is 5.02 Å². The molecule has 0 fully saturated rings. The molecular weight excluding hydrogens is 346 g/mol. The molecule has 0 bridgehead atoms. The lowest BCUT2D eigenvalue weighted by Gasteiger charge is -2.21. The van der Waals surface area contributed by atoms with Gasteiger partial charge in [0, 0.05) is 16.2 Å². The molecule has 112 valence electrons. The van der Waals surface area contributed by atoms with E-state index >= 15 is 0 Å². The van der Waals surface area contributed by atoms with Gasteiger partial charge in [0.25, 0.3) is 0 Å². The van der Waals surface area contributed by atoms with Gasteiger partial charge in [0.1, 0.15) is 0 Å². The summed E-state index contributed by atoms with van der Waals surface area (Å²) in [6.07, 6.45) is 0. The van der Waals surface area contributed by atoms with Crippen molar-refractivity contribution < 1.29 is 0 Å². The van der Waals surface area contributed by atoms with Crippen molar-refractivity contribution in [3.05, 3.63) is 63.1 Å². The van der Waals surface area contributed by atoms with Crippen LogP contribution in [0.5, 0.6) is 0 Å². The SMILES string of the molecule is CC(Nc1ccc(Br)c(Cl)c1)c1ccc(C(C)(C)C)cc1. The number of hydrogen-bond acceptors (Lipinski definition) is 1. The maximum atomic E-state index is 6.13. The second-order valence-corrected chi connectivity index (χ2v) is 7.63. The van der Waals surface area contributed by atoms with Gasteiger partial charge in [-0.3, -0.25) is 0 Å². The van der Waals surface area contributed by atoms with Crippen molar-refractivity contribution >= 4 is 33.2 Å². The Kier molecular flexibility index (Phi) is 5.00. The molecule has 0 aliphatic heterocycles. The third-order valence-corrected chi connectivity index (χ3v) is 4.81. The summed E-state index contributed by atoms with van der Waals surface area (Å²) in [6, 6.07) is 15.0. The van der Waals surface area contributed by atoms with Gasteiger partial charge in [0.2, 0.25) is 0 Å². The lowest BCUT2D eigenvalue weighted by Crippen LogP contribution is -2.12. The van der Waals surface area contributed by atoms with Crippen LogP contribution in [0.1, 0.15) is 44.9 Å². The highest BCUT2D eigenvalue weighted by atomic mass is 79.9. The van der Waals surface area contributed by atoms with Crippen LogP contribution >= 0.6 is 27.5 Å². The highest BCUT2D eigenvalue weighted by Crippen LogP contribution is 2.29. The summed E-state index contributed by atoms with van der Waals surface area (Å²) in [5, 5.41) is 4.20. The van der Waals surface area contributed by atoms with Gasteiger partial charge in [-0.1, -0.05) is 56.6 Å². The van der Waals surface area contributed by atoms with Gasteiger partial charge in [0.15, 0.2) is 0 Å². The van der Waals surface area contributed by atoms with Crippen LogP contribution in [-0.2, 0) is 5.41 Å². The fraction of sp³-hybridized carbons (Fsp3) is 0.333. The summed E-state index contributed by atoms with van der Waals surface area (Å²) in [6.45, 7) is 8.84. The Hall–Kier alpha value is -0.990. The minimum Gasteiger partial charge on any atom is -0.378 e. The van der Waals surface area contributed by atoms with Crippen LogP contribution in [0.25, 0.3) is 0 Å². The van der Waals surface area contributed by atoms with Crippen LogP contribution in [0.2, 0.25) is 5.02 Å². The Bertz CT molecular complexity index is 614. The highest BCUT2D eigenvalue weighted by molar-refractivity contribution is 9.10. The maximum Gasteiger partial charge on any atom is 0.0568 e. The topological polar surface area (TPSA) is 12.0 Å². The monoisotopic (exact) mass is 365 g/mol. The first-order chi connectivity index (χ1) is 9.77. The van der Waals surface area contributed by atoms with Crippen molar-refractivity contribution in [1.29, 1.82) is 0 Å². The van der Waals surface area contributed by atoms with Crippen molar-refractivity contribution in [3.8, 4) is 0 Å². The van der Waals surface area contributed by atoms with Crippen molar-refractivity contribution in [3.63, 3.8) is 0 Å².